The summed E-state index contributed by atoms with van der Waals surface area (Å²) >= 11 is 0. The summed E-state index contributed by atoms with van der Waals surface area (Å²) in [4.78, 5) is 25.6. The Morgan fingerprint density at radius 2 is 1.92 bits per heavy atom. The molecule has 0 fully saturated rings. The zero-order valence-corrected chi connectivity index (χ0v) is 14.8. The van der Waals surface area contributed by atoms with Crippen LogP contribution < -0.4 is 11.5 Å². The molecule has 6 heteroatoms. The van der Waals surface area contributed by atoms with Gasteiger partial charge in [0.2, 0.25) is 0 Å². The number of rotatable bonds is 8. The Kier molecular flexibility index (Phi) is 7.88. The number of nitrogens with two attached hydrogens (primary N) is 2. The van der Waals surface area contributed by atoms with Gasteiger partial charge in [-0.3, -0.25) is 4.90 Å². The predicted octanol–water partition coefficient (Wildman–Crippen LogP) is 2.06. The Balaban J connectivity index is 2.99. The van der Waals surface area contributed by atoms with Crippen molar-refractivity contribution >= 4 is 12.4 Å². The predicted molar refractivity (Wildman–Crippen MR) is 94.3 cm³/mol. The second-order valence-electron chi connectivity index (χ2n) is 6.78. The molecule has 0 aliphatic heterocycles. The second-order valence-corrected chi connectivity index (χ2v) is 6.78. The highest BCUT2D eigenvalue weighted by Gasteiger charge is 2.32. The minimum atomic E-state index is -0.685. The lowest BCUT2D eigenvalue weighted by atomic mass is 10.0. The zero-order chi connectivity index (χ0) is 18.2. The van der Waals surface area contributed by atoms with E-state index >= 15 is 0 Å². The molecule has 0 aliphatic carbocycles. The topological polar surface area (TPSA) is 98.7 Å². The van der Waals surface area contributed by atoms with Gasteiger partial charge in [-0.2, -0.15) is 0 Å². The van der Waals surface area contributed by atoms with Gasteiger partial charge in [0.15, 0.2) is 0 Å². The average Bonchev–Trinajstić information content (AvgIpc) is 2.51. The molecule has 24 heavy (non-hydrogen) atoms. The first-order valence-electron chi connectivity index (χ1n) is 8.24. The Morgan fingerprint density at radius 3 is 2.42 bits per heavy atom. The van der Waals surface area contributed by atoms with Crippen molar-refractivity contribution in [1.29, 1.82) is 0 Å². The SMILES string of the molecule is CC(C)(C)OC(=O)N(C(N)CCCN)[C@H](C=O)Cc1ccccc1. The summed E-state index contributed by atoms with van der Waals surface area (Å²) in [5, 5.41) is 0. The molecular weight excluding hydrogens is 306 g/mol. The van der Waals surface area contributed by atoms with Crippen molar-refractivity contribution in [1.82, 2.24) is 4.90 Å². The van der Waals surface area contributed by atoms with Crippen molar-refractivity contribution < 1.29 is 14.3 Å². The Labute approximate surface area is 144 Å². The summed E-state index contributed by atoms with van der Waals surface area (Å²) in [6, 6.07) is 8.82. The molecule has 1 amide bonds. The number of benzene rings is 1. The molecule has 1 aromatic rings. The number of carbonyl (C=O) groups excluding carboxylic acids is 2. The maximum absolute atomic E-state index is 12.6. The van der Waals surface area contributed by atoms with Crippen LogP contribution >= 0.6 is 0 Å². The lowest BCUT2D eigenvalue weighted by molar-refractivity contribution is -0.113. The molecule has 0 spiro atoms. The van der Waals surface area contributed by atoms with Crippen molar-refractivity contribution in [2.24, 2.45) is 11.5 Å². The van der Waals surface area contributed by atoms with Crippen molar-refractivity contribution in [2.45, 2.75) is 57.8 Å². The number of aldehydes is 1. The van der Waals surface area contributed by atoms with Crippen molar-refractivity contribution in [3.63, 3.8) is 0 Å². The lowest BCUT2D eigenvalue weighted by Crippen LogP contribution is -2.54. The number of hydrogen-bond acceptors (Lipinski definition) is 5. The smallest absolute Gasteiger partial charge is 0.412 e. The Bertz CT molecular complexity index is 514. The quantitative estimate of drug-likeness (QED) is 0.559. The van der Waals surface area contributed by atoms with E-state index in [9.17, 15) is 9.59 Å². The van der Waals surface area contributed by atoms with E-state index in [1.165, 1.54) is 4.90 Å². The van der Waals surface area contributed by atoms with E-state index in [2.05, 4.69) is 0 Å². The summed E-state index contributed by atoms with van der Waals surface area (Å²) in [6.45, 7) is 5.81. The van der Waals surface area contributed by atoms with Gasteiger partial charge in [0.25, 0.3) is 0 Å². The fourth-order valence-electron chi connectivity index (χ4n) is 2.37. The molecule has 1 aromatic carbocycles. The van der Waals surface area contributed by atoms with Crippen molar-refractivity contribution in [2.75, 3.05) is 6.54 Å². The maximum Gasteiger partial charge on any atom is 0.412 e. The highest BCUT2D eigenvalue weighted by atomic mass is 16.6. The molecule has 0 aliphatic rings. The Morgan fingerprint density at radius 1 is 1.29 bits per heavy atom. The molecule has 0 heterocycles. The van der Waals surface area contributed by atoms with E-state index in [1.807, 2.05) is 30.3 Å². The van der Waals surface area contributed by atoms with Gasteiger partial charge in [0, 0.05) is 0 Å². The monoisotopic (exact) mass is 335 g/mol. The molecule has 1 rings (SSSR count). The van der Waals surface area contributed by atoms with Gasteiger partial charge in [0.05, 0.1) is 12.2 Å². The number of hydrogen-bond donors (Lipinski definition) is 2. The second kappa shape index (κ2) is 9.39. The van der Waals surface area contributed by atoms with Crippen LogP contribution in [0.2, 0.25) is 0 Å². The number of nitrogens with zero attached hydrogens (tertiary/aromatic N) is 1. The van der Waals surface area contributed by atoms with Crippen molar-refractivity contribution in [3.05, 3.63) is 35.9 Å². The first kappa shape index (κ1) is 20.1. The lowest BCUT2D eigenvalue weighted by Gasteiger charge is -2.35. The van der Waals surface area contributed by atoms with Gasteiger partial charge in [-0.05, 0) is 52.1 Å². The van der Waals surface area contributed by atoms with E-state index < -0.39 is 23.9 Å². The molecule has 0 saturated carbocycles. The minimum absolute atomic E-state index is 0.389. The van der Waals surface area contributed by atoms with Gasteiger partial charge in [-0.25, -0.2) is 4.79 Å². The molecule has 1 unspecified atom stereocenters. The van der Waals surface area contributed by atoms with Gasteiger partial charge in [-0.1, -0.05) is 30.3 Å². The number of carbonyl (C=O) groups is 2. The third-order valence-electron chi connectivity index (χ3n) is 3.47. The zero-order valence-electron chi connectivity index (χ0n) is 14.8. The first-order valence-corrected chi connectivity index (χ1v) is 8.24. The maximum atomic E-state index is 12.6. The molecule has 4 N–H and O–H groups in total. The molecule has 0 saturated heterocycles. The summed E-state index contributed by atoms with van der Waals surface area (Å²) in [5.41, 5.74) is 12.0. The number of amides is 1. The normalized spacial score (nSPS) is 13.9. The van der Waals surface area contributed by atoms with Gasteiger partial charge in [0.1, 0.15) is 11.9 Å². The molecule has 0 radical (unpaired) electrons. The minimum Gasteiger partial charge on any atom is -0.444 e. The van der Waals surface area contributed by atoms with Crippen LogP contribution in [0.25, 0.3) is 0 Å². The van der Waals surface area contributed by atoms with Crippen molar-refractivity contribution in [3.8, 4) is 0 Å². The summed E-state index contributed by atoms with van der Waals surface area (Å²) in [5.74, 6) is 0. The third kappa shape index (κ3) is 6.68. The van der Waals surface area contributed by atoms with E-state index in [4.69, 9.17) is 16.2 Å². The summed E-state index contributed by atoms with van der Waals surface area (Å²) in [6.07, 6.45) is 1.10. The van der Waals surface area contributed by atoms with Gasteiger partial charge < -0.3 is 21.0 Å². The molecule has 0 aromatic heterocycles. The van der Waals surface area contributed by atoms with E-state index in [-0.39, 0.29) is 0 Å². The highest BCUT2D eigenvalue weighted by molar-refractivity contribution is 5.74. The molecular formula is C18H29N3O3. The van der Waals surface area contributed by atoms with E-state index in [1.54, 1.807) is 20.8 Å². The molecule has 6 nitrogen and oxygen atoms in total. The molecule has 134 valence electrons. The van der Waals surface area contributed by atoms with E-state index in [0.717, 1.165) is 11.8 Å². The fraction of sp³-hybridized carbons (Fsp3) is 0.556. The van der Waals surface area contributed by atoms with Crippen LogP contribution in [-0.4, -0.2) is 41.6 Å². The summed E-state index contributed by atoms with van der Waals surface area (Å²) < 4.78 is 5.44. The largest absolute Gasteiger partial charge is 0.444 e. The fourth-order valence-corrected chi connectivity index (χ4v) is 2.37. The molecule has 0 bridgehead atoms. The first-order chi connectivity index (χ1) is 11.3. The average molecular weight is 335 g/mol. The van der Waals surface area contributed by atoms with Crippen LogP contribution in [0.5, 0.6) is 0 Å². The van der Waals surface area contributed by atoms with Crippen LogP contribution in [0.3, 0.4) is 0 Å². The number of ether oxygens (including phenoxy) is 1. The highest BCUT2D eigenvalue weighted by Crippen LogP contribution is 2.17. The third-order valence-corrected chi connectivity index (χ3v) is 3.47. The van der Waals surface area contributed by atoms with Crippen LogP contribution in [0, 0.1) is 0 Å². The standard InChI is InChI=1S/C18H29N3O3/c1-18(2,3)24-17(23)21(16(20)10-7-11-19)15(13-22)12-14-8-5-4-6-9-14/h4-6,8-9,13,15-16H,7,10-12,19-20H2,1-3H3/t15-,16?/m0/s1. The Hall–Kier alpha value is -1.92. The van der Waals surface area contributed by atoms with Gasteiger partial charge in [-0.15, -0.1) is 0 Å². The van der Waals surface area contributed by atoms with E-state index in [0.29, 0.717) is 25.8 Å². The molecule has 2 atom stereocenters. The van der Waals surface area contributed by atoms with Crippen LogP contribution in [-0.2, 0) is 16.0 Å². The van der Waals surface area contributed by atoms with Crippen LogP contribution in [0.15, 0.2) is 30.3 Å². The summed E-state index contributed by atoms with van der Waals surface area (Å²) in [7, 11) is 0. The van der Waals surface area contributed by atoms with Crippen LogP contribution in [0.1, 0.15) is 39.2 Å². The van der Waals surface area contributed by atoms with Gasteiger partial charge >= 0.3 is 6.09 Å². The van der Waals surface area contributed by atoms with Crippen LogP contribution in [0.4, 0.5) is 4.79 Å².